The van der Waals surface area contributed by atoms with E-state index in [1.807, 2.05) is 42.5 Å². The van der Waals surface area contributed by atoms with Crippen LogP contribution in [0, 0.1) is 5.82 Å². The summed E-state index contributed by atoms with van der Waals surface area (Å²) in [6, 6.07) is 23.0. The average Bonchev–Trinajstić information content (AvgIpc) is 3.25. The quantitative estimate of drug-likeness (QED) is 0.378. The second kappa shape index (κ2) is 10.8. The summed E-state index contributed by atoms with van der Waals surface area (Å²) in [7, 11) is 0. The van der Waals surface area contributed by atoms with E-state index in [9.17, 15) is 9.18 Å². The third kappa shape index (κ3) is 5.61. The molecule has 2 N–H and O–H groups in total. The summed E-state index contributed by atoms with van der Waals surface area (Å²) in [4.78, 5) is 18.6. The molecule has 0 atom stereocenters. The lowest BCUT2D eigenvalue weighted by molar-refractivity contribution is -0.121. The molecular formula is C29H30FN3O2. The molecular weight excluding hydrogens is 441 g/mol. The number of halogens is 1. The predicted molar refractivity (Wildman–Crippen MR) is 136 cm³/mol. The summed E-state index contributed by atoms with van der Waals surface area (Å²) in [5.41, 5.74) is 6.16. The zero-order valence-corrected chi connectivity index (χ0v) is 19.7. The number of aryl methyl sites for hydroxylation is 1. The van der Waals surface area contributed by atoms with E-state index in [4.69, 9.17) is 4.74 Å². The first-order valence-corrected chi connectivity index (χ1v) is 12.2. The third-order valence-electron chi connectivity index (χ3n) is 6.62. The van der Waals surface area contributed by atoms with Crippen LogP contribution in [0.3, 0.4) is 0 Å². The van der Waals surface area contributed by atoms with Gasteiger partial charge in [0.25, 0.3) is 0 Å². The first-order valence-electron chi connectivity index (χ1n) is 12.2. The molecule has 0 saturated carbocycles. The van der Waals surface area contributed by atoms with E-state index in [0.29, 0.717) is 19.4 Å². The summed E-state index contributed by atoms with van der Waals surface area (Å²) < 4.78 is 19.5. The number of fused-ring (bicyclic) bond motifs is 1. The molecule has 5 rings (SSSR count). The fourth-order valence-electron chi connectivity index (χ4n) is 4.74. The molecule has 0 radical (unpaired) electrons. The Morgan fingerprint density at radius 2 is 1.71 bits per heavy atom. The topological polar surface area (TPSA) is 57.4 Å². The van der Waals surface area contributed by atoms with Crippen molar-refractivity contribution in [2.75, 3.05) is 26.3 Å². The summed E-state index contributed by atoms with van der Waals surface area (Å²) in [5, 5.41) is 3.92. The number of rotatable bonds is 8. The molecule has 35 heavy (non-hydrogen) atoms. The van der Waals surface area contributed by atoms with Crippen LogP contribution in [0.2, 0.25) is 0 Å². The fraction of sp³-hybridized carbons (Fsp3) is 0.276. The molecule has 6 heteroatoms. The molecule has 1 aliphatic rings. The normalized spacial score (nSPS) is 14.3. The first kappa shape index (κ1) is 23.3. The number of carbonyl (C=O) groups excluding carboxylic acids is 1. The molecule has 1 fully saturated rings. The number of aromatic amines is 1. The Balaban J connectivity index is 1.27. The van der Waals surface area contributed by atoms with Gasteiger partial charge in [0, 0.05) is 49.2 Å². The summed E-state index contributed by atoms with van der Waals surface area (Å²) in [6.45, 7) is 4.73. The fourth-order valence-corrected chi connectivity index (χ4v) is 4.74. The molecule has 4 aromatic rings. The van der Waals surface area contributed by atoms with Crippen LogP contribution in [-0.2, 0) is 29.0 Å². The number of nitrogens with zero attached hydrogens (tertiary/aromatic N) is 1. The van der Waals surface area contributed by atoms with Crippen LogP contribution in [0.5, 0.6) is 0 Å². The standard InChI is InChI=1S/C29H30FN3O2/c30-24-10-12-27-26(18-24)25(29(32-27)21-6-2-1-3-7-21)11-13-28(34)31-19-22-8-4-5-9-23(22)20-33-14-16-35-17-15-33/h1-10,12,18,32H,11,13-17,19-20H2,(H,31,34). The number of aromatic nitrogens is 1. The van der Waals surface area contributed by atoms with E-state index in [-0.39, 0.29) is 11.7 Å². The van der Waals surface area contributed by atoms with Crippen molar-refractivity contribution in [1.82, 2.24) is 15.2 Å². The number of hydrogen-bond acceptors (Lipinski definition) is 3. The number of carbonyl (C=O) groups is 1. The molecule has 0 bridgehead atoms. The van der Waals surface area contributed by atoms with Crippen LogP contribution in [-0.4, -0.2) is 42.1 Å². The van der Waals surface area contributed by atoms with Crippen LogP contribution in [0.15, 0.2) is 72.8 Å². The minimum absolute atomic E-state index is 0.0176. The van der Waals surface area contributed by atoms with Gasteiger partial charge in [0.05, 0.1) is 13.2 Å². The van der Waals surface area contributed by atoms with E-state index >= 15 is 0 Å². The SMILES string of the molecule is O=C(CCc1c(-c2ccccc2)[nH]c2ccc(F)cc12)NCc1ccccc1CN1CCOCC1. The lowest BCUT2D eigenvalue weighted by atomic mass is 10.0. The highest BCUT2D eigenvalue weighted by molar-refractivity contribution is 5.91. The Hall–Kier alpha value is -3.48. The summed E-state index contributed by atoms with van der Waals surface area (Å²) in [6.07, 6.45) is 0.851. The van der Waals surface area contributed by atoms with Crippen molar-refractivity contribution in [2.24, 2.45) is 0 Å². The highest BCUT2D eigenvalue weighted by atomic mass is 19.1. The molecule has 1 amide bonds. The van der Waals surface area contributed by atoms with Gasteiger partial charge in [-0.05, 0) is 46.9 Å². The minimum Gasteiger partial charge on any atom is -0.379 e. The van der Waals surface area contributed by atoms with E-state index in [2.05, 4.69) is 27.3 Å². The van der Waals surface area contributed by atoms with E-state index < -0.39 is 0 Å². The molecule has 1 saturated heterocycles. The molecule has 1 aliphatic heterocycles. The Kier molecular flexibility index (Phi) is 7.21. The second-order valence-corrected chi connectivity index (χ2v) is 8.97. The van der Waals surface area contributed by atoms with Gasteiger partial charge in [-0.15, -0.1) is 0 Å². The Labute approximate surface area is 204 Å². The molecule has 5 nitrogen and oxygen atoms in total. The van der Waals surface area contributed by atoms with Crippen molar-refractivity contribution in [3.05, 3.63) is 95.3 Å². The number of ether oxygens (including phenoxy) is 1. The van der Waals surface area contributed by atoms with Gasteiger partial charge in [-0.3, -0.25) is 9.69 Å². The number of H-pyrrole nitrogens is 1. The molecule has 3 aromatic carbocycles. The molecule has 180 valence electrons. The number of benzene rings is 3. The molecule has 1 aromatic heterocycles. The van der Waals surface area contributed by atoms with Crippen molar-refractivity contribution >= 4 is 16.8 Å². The van der Waals surface area contributed by atoms with Gasteiger partial charge >= 0.3 is 0 Å². The predicted octanol–water partition coefficient (Wildman–Crippen LogP) is 5.06. The zero-order valence-electron chi connectivity index (χ0n) is 19.7. The van der Waals surface area contributed by atoms with Gasteiger partial charge in [-0.2, -0.15) is 0 Å². The lowest BCUT2D eigenvalue weighted by Gasteiger charge is -2.27. The van der Waals surface area contributed by atoms with Crippen molar-refractivity contribution in [1.29, 1.82) is 0 Å². The van der Waals surface area contributed by atoms with Crippen molar-refractivity contribution < 1.29 is 13.9 Å². The summed E-state index contributed by atoms with van der Waals surface area (Å²) in [5.74, 6) is -0.297. The van der Waals surface area contributed by atoms with Gasteiger partial charge in [-0.1, -0.05) is 54.6 Å². The van der Waals surface area contributed by atoms with E-state index in [1.165, 1.54) is 11.6 Å². The van der Waals surface area contributed by atoms with Gasteiger partial charge in [0.15, 0.2) is 0 Å². The van der Waals surface area contributed by atoms with Gasteiger partial charge in [-0.25, -0.2) is 4.39 Å². The van der Waals surface area contributed by atoms with Gasteiger partial charge in [0.1, 0.15) is 5.82 Å². The van der Waals surface area contributed by atoms with Crippen LogP contribution in [0.1, 0.15) is 23.1 Å². The van der Waals surface area contributed by atoms with Gasteiger partial charge in [0.2, 0.25) is 5.91 Å². The Morgan fingerprint density at radius 3 is 2.51 bits per heavy atom. The molecule has 0 aliphatic carbocycles. The highest BCUT2D eigenvalue weighted by Crippen LogP contribution is 2.31. The van der Waals surface area contributed by atoms with Crippen molar-refractivity contribution in [2.45, 2.75) is 25.9 Å². The number of amides is 1. The van der Waals surface area contributed by atoms with E-state index in [0.717, 1.165) is 66.1 Å². The second-order valence-electron chi connectivity index (χ2n) is 8.97. The summed E-state index contributed by atoms with van der Waals surface area (Å²) >= 11 is 0. The Morgan fingerprint density at radius 1 is 0.971 bits per heavy atom. The first-order chi connectivity index (χ1) is 17.2. The monoisotopic (exact) mass is 471 g/mol. The van der Waals surface area contributed by atoms with Crippen LogP contribution in [0.25, 0.3) is 22.2 Å². The molecule has 2 heterocycles. The van der Waals surface area contributed by atoms with Crippen LogP contribution < -0.4 is 5.32 Å². The smallest absolute Gasteiger partial charge is 0.220 e. The largest absolute Gasteiger partial charge is 0.379 e. The highest BCUT2D eigenvalue weighted by Gasteiger charge is 2.16. The van der Waals surface area contributed by atoms with Crippen LogP contribution >= 0.6 is 0 Å². The minimum atomic E-state index is -0.279. The molecule has 0 unspecified atom stereocenters. The molecule has 0 spiro atoms. The Bertz CT molecular complexity index is 1300. The number of hydrogen-bond donors (Lipinski definition) is 2. The number of morpholine rings is 1. The van der Waals surface area contributed by atoms with Gasteiger partial charge < -0.3 is 15.0 Å². The maximum atomic E-state index is 14.0. The van der Waals surface area contributed by atoms with Crippen molar-refractivity contribution in [3.8, 4) is 11.3 Å². The van der Waals surface area contributed by atoms with Crippen LogP contribution in [0.4, 0.5) is 4.39 Å². The lowest BCUT2D eigenvalue weighted by Crippen LogP contribution is -2.36. The van der Waals surface area contributed by atoms with Crippen molar-refractivity contribution in [3.63, 3.8) is 0 Å². The average molecular weight is 472 g/mol. The van der Waals surface area contributed by atoms with E-state index in [1.54, 1.807) is 12.1 Å². The zero-order chi connectivity index (χ0) is 24.0. The maximum Gasteiger partial charge on any atom is 0.220 e. The number of nitrogens with one attached hydrogen (secondary N) is 2. The maximum absolute atomic E-state index is 14.0. The third-order valence-corrected chi connectivity index (χ3v) is 6.62.